The lowest BCUT2D eigenvalue weighted by Crippen LogP contribution is -1.97. The summed E-state index contributed by atoms with van der Waals surface area (Å²) >= 11 is 0. The maximum atomic E-state index is 6.55. The van der Waals surface area contributed by atoms with Crippen molar-refractivity contribution in [3.05, 3.63) is 170 Å². The van der Waals surface area contributed by atoms with Crippen LogP contribution in [0.5, 0.6) is 0 Å². The van der Waals surface area contributed by atoms with Crippen LogP contribution in [-0.4, -0.2) is 19.1 Å². The van der Waals surface area contributed by atoms with Crippen LogP contribution in [0.1, 0.15) is 0 Å². The molecule has 0 N–H and O–H groups in total. The standard InChI is InChI=1S/C46H28N4O/c1-2-14-31(15-3-1)49-40-23-10-6-19-35(40)37-28-30(25-26-41(37)49)46-47-43(45-44(48-46)36-20-7-11-24-42(36)51-45)29-13-12-16-32(27-29)50-38-21-8-4-17-33(38)34-18-5-9-22-39(34)50/h1-28H. The minimum Gasteiger partial charge on any atom is -0.452 e. The molecule has 0 spiro atoms. The van der Waals surface area contributed by atoms with Crippen LogP contribution < -0.4 is 0 Å². The SMILES string of the molecule is c1ccc(-n2c3ccccc3c3cc(-c4nc(-c5cccc(-n6c7ccccc7c7ccccc76)c5)c5oc6ccccc6c5n4)ccc32)cc1. The van der Waals surface area contributed by atoms with Crippen LogP contribution in [0, 0.1) is 0 Å². The van der Waals surface area contributed by atoms with E-state index in [0.717, 1.165) is 72.1 Å². The number of para-hydroxylation sites is 5. The van der Waals surface area contributed by atoms with Gasteiger partial charge in [0.1, 0.15) is 16.8 Å². The highest BCUT2D eigenvalue weighted by Crippen LogP contribution is 2.39. The lowest BCUT2D eigenvalue weighted by Gasteiger charge is -2.11. The van der Waals surface area contributed by atoms with Crippen molar-refractivity contribution in [3.8, 4) is 34.0 Å². The first-order valence-corrected chi connectivity index (χ1v) is 17.2. The quantitative estimate of drug-likeness (QED) is 0.190. The lowest BCUT2D eigenvalue weighted by atomic mass is 10.1. The second kappa shape index (κ2) is 10.8. The topological polar surface area (TPSA) is 48.8 Å². The summed E-state index contributed by atoms with van der Waals surface area (Å²) in [6, 6.07) is 59.6. The predicted octanol–water partition coefficient (Wildman–Crippen LogP) is 11.9. The highest BCUT2D eigenvalue weighted by molar-refractivity contribution is 6.12. The van der Waals surface area contributed by atoms with E-state index in [1.807, 2.05) is 18.2 Å². The van der Waals surface area contributed by atoms with Gasteiger partial charge in [0.25, 0.3) is 0 Å². The molecule has 0 saturated heterocycles. The Bertz CT molecular complexity index is 3090. The van der Waals surface area contributed by atoms with Gasteiger partial charge in [0.2, 0.25) is 0 Å². The summed E-state index contributed by atoms with van der Waals surface area (Å²) in [7, 11) is 0. The minimum absolute atomic E-state index is 0.657. The molecule has 11 rings (SSSR count). The molecule has 4 heterocycles. The van der Waals surface area contributed by atoms with Gasteiger partial charge >= 0.3 is 0 Å². The summed E-state index contributed by atoms with van der Waals surface area (Å²) in [5.41, 5.74) is 11.8. The molecule has 0 radical (unpaired) electrons. The fraction of sp³-hybridized carbons (Fsp3) is 0. The van der Waals surface area contributed by atoms with E-state index in [1.54, 1.807) is 0 Å². The molecule has 11 aromatic rings. The van der Waals surface area contributed by atoms with Gasteiger partial charge in [-0.15, -0.1) is 0 Å². The van der Waals surface area contributed by atoms with Crippen molar-refractivity contribution in [2.75, 3.05) is 0 Å². The number of benzene rings is 7. The van der Waals surface area contributed by atoms with E-state index in [9.17, 15) is 0 Å². The van der Waals surface area contributed by atoms with Crippen LogP contribution in [0.25, 0.3) is 99.7 Å². The molecule has 5 heteroatoms. The minimum atomic E-state index is 0.657. The summed E-state index contributed by atoms with van der Waals surface area (Å²) in [4.78, 5) is 10.5. The fourth-order valence-corrected chi connectivity index (χ4v) is 7.88. The zero-order valence-corrected chi connectivity index (χ0v) is 27.4. The first kappa shape index (κ1) is 27.9. The Labute approximate surface area is 292 Å². The van der Waals surface area contributed by atoms with Crippen molar-refractivity contribution in [2.45, 2.75) is 0 Å². The Morgan fingerprint density at radius 3 is 1.69 bits per heavy atom. The molecule has 4 aromatic heterocycles. The number of rotatable bonds is 4. The van der Waals surface area contributed by atoms with E-state index in [1.165, 1.54) is 16.2 Å². The van der Waals surface area contributed by atoms with Crippen LogP contribution in [0.3, 0.4) is 0 Å². The maximum absolute atomic E-state index is 6.55. The molecule has 0 aliphatic rings. The molecule has 0 amide bonds. The van der Waals surface area contributed by atoms with E-state index in [0.29, 0.717) is 11.4 Å². The van der Waals surface area contributed by atoms with Crippen LogP contribution in [0.15, 0.2) is 174 Å². The molecule has 238 valence electrons. The van der Waals surface area contributed by atoms with Crippen LogP contribution in [0.4, 0.5) is 0 Å². The molecule has 0 saturated carbocycles. The Balaban J connectivity index is 1.15. The Hall–Kier alpha value is -6.98. The number of nitrogens with zero attached hydrogens (tertiary/aromatic N) is 4. The second-order valence-electron chi connectivity index (χ2n) is 13.0. The highest BCUT2D eigenvalue weighted by Gasteiger charge is 2.21. The molecule has 7 aromatic carbocycles. The lowest BCUT2D eigenvalue weighted by molar-refractivity contribution is 0.667. The molecule has 0 aliphatic carbocycles. The smallest absolute Gasteiger partial charge is 0.180 e. The largest absolute Gasteiger partial charge is 0.452 e. The van der Waals surface area contributed by atoms with Gasteiger partial charge in [-0.3, -0.25) is 0 Å². The molecule has 51 heavy (non-hydrogen) atoms. The molecule has 0 unspecified atom stereocenters. The Morgan fingerprint density at radius 1 is 0.392 bits per heavy atom. The zero-order valence-electron chi connectivity index (χ0n) is 27.4. The molecule has 0 bridgehead atoms. The van der Waals surface area contributed by atoms with E-state index in [4.69, 9.17) is 14.4 Å². The van der Waals surface area contributed by atoms with Gasteiger partial charge in [-0.25, -0.2) is 9.97 Å². The predicted molar refractivity (Wildman–Crippen MR) is 209 cm³/mol. The Morgan fingerprint density at radius 2 is 0.961 bits per heavy atom. The molecule has 0 fully saturated rings. The summed E-state index contributed by atoms with van der Waals surface area (Å²) in [5.74, 6) is 0.657. The molecule has 5 nitrogen and oxygen atoms in total. The van der Waals surface area contributed by atoms with E-state index < -0.39 is 0 Å². The van der Waals surface area contributed by atoms with Crippen LogP contribution >= 0.6 is 0 Å². The van der Waals surface area contributed by atoms with Gasteiger partial charge in [0.15, 0.2) is 11.4 Å². The third-order valence-electron chi connectivity index (χ3n) is 10.1. The number of hydrogen-bond donors (Lipinski definition) is 0. The van der Waals surface area contributed by atoms with E-state index in [-0.39, 0.29) is 0 Å². The molecule has 0 aliphatic heterocycles. The van der Waals surface area contributed by atoms with Crippen molar-refractivity contribution in [2.24, 2.45) is 0 Å². The summed E-state index contributed by atoms with van der Waals surface area (Å²) < 4.78 is 11.2. The highest BCUT2D eigenvalue weighted by atomic mass is 16.3. The maximum Gasteiger partial charge on any atom is 0.180 e. The van der Waals surface area contributed by atoms with Gasteiger partial charge in [0.05, 0.1) is 22.1 Å². The summed E-state index contributed by atoms with van der Waals surface area (Å²) in [6.45, 7) is 0. The van der Waals surface area contributed by atoms with Crippen LogP contribution in [0.2, 0.25) is 0 Å². The Kier molecular flexibility index (Phi) is 5.89. The zero-order chi connectivity index (χ0) is 33.5. The van der Waals surface area contributed by atoms with Gasteiger partial charge in [-0.2, -0.15) is 0 Å². The normalized spacial score (nSPS) is 11.9. The van der Waals surface area contributed by atoms with Crippen molar-refractivity contribution in [1.82, 2.24) is 19.1 Å². The van der Waals surface area contributed by atoms with E-state index >= 15 is 0 Å². The first-order chi connectivity index (χ1) is 25.3. The monoisotopic (exact) mass is 652 g/mol. The molecule has 0 atom stereocenters. The number of hydrogen-bond acceptors (Lipinski definition) is 3. The van der Waals surface area contributed by atoms with Gasteiger partial charge < -0.3 is 13.6 Å². The van der Waals surface area contributed by atoms with Gasteiger partial charge in [-0.05, 0) is 72.8 Å². The summed E-state index contributed by atoms with van der Waals surface area (Å²) in [6.07, 6.45) is 0. The van der Waals surface area contributed by atoms with Gasteiger partial charge in [-0.1, -0.05) is 97.1 Å². The van der Waals surface area contributed by atoms with Crippen molar-refractivity contribution in [1.29, 1.82) is 0 Å². The average Bonchev–Trinajstić information content (AvgIpc) is 3.85. The third kappa shape index (κ3) is 4.15. The third-order valence-corrected chi connectivity index (χ3v) is 10.1. The van der Waals surface area contributed by atoms with E-state index in [2.05, 4.69) is 161 Å². The number of fused-ring (bicyclic) bond motifs is 9. The fourth-order valence-electron chi connectivity index (χ4n) is 7.88. The van der Waals surface area contributed by atoms with Crippen LogP contribution in [-0.2, 0) is 0 Å². The molecular formula is C46H28N4O. The number of furan rings is 1. The second-order valence-corrected chi connectivity index (χ2v) is 13.0. The first-order valence-electron chi connectivity index (χ1n) is 17.2. The molecular weight excluding hydrogens is 625 g/mol. The van der Waals surface area contributed by atoms with Gasteiger partial charge in [0, 0.05) is 49.4 Å². The van der Waals surface area contributed by atoms with Crippen molar-refractivity contribution < 1.29 is 4.42 Å². The van der Waals surface area contributed by atoms with Crippen molar-refractivity contribution in [3.63, 3.8) is 0 Å². The summed E-state index contributed by atoms with van der Waals surface area (Å²) in [5, 5.41) is 5.77. The number of aromatic nitrogens is 4. The van der Waals surface area contributed by atoms with Crippen molar-refractivity contribution >= 4 is 65.7 Å². The average molecular weight is 653 g/mol.